The molecule has 1 aromatic rings. The van der Waals surface area contributed by atoms with Crippen LogP contribution in [0, 0.1) is 11.3 Å². The third-order valence-corrected chi connectivity index (χ3v) is 1.18. The minimum Gasteiger partial charge on any atom is -0.199 e. The molecule has 0 amide bonds. The molecule has 11 heavy (non-hydrogen) atoms. The van der Waals surface area contributed by atoms with Gasteiger partial charge < -0.3 is 0 Å². The maximum Gasteiger partial charge on any atom is 0.0587 e. The molecule has 1 rings (SSSR count). The van der Waals surface area contributed by atoms with Gasteiger partial charge in [-0.25, -0.2) is 0 Å². The predicted molar refractivity (Wildman–Crippen MR) is 57.4 cm³/mol. The van der Waals surface area contributed by atoms with Gasteiger partial charge in [-0.05, 0) is 5.30 Å². The average Bonchev–Trinajstić information content (AvgIpc) is 1.91. The smallest absolute Gasteiger partial charge is 0.0587 e. The Kier molecular flexibility index (Phi) is 11.6. The Balaban J connectivity index is 0. The lowest BCUT2D eigenvalue weighted by molar-refractivity contribution is 1.49. The highest BCUT2D eigenvalue weighted by atomic mass is 79.9. The molecular weight excluding hydrogens is 221 g/mol. The van der Waals surface area contributed by atoms with Crippen LogP contribution in [0.3, 0.4) is 0 Å². The molecule has 0 N–H and O–H groups in total. The second kappa shape index (κ2) is 9.62. The van der Waals surface area contributed by atoms with Crippen molar-refractivity contribution in [1.29, 1.82) is 5.26 Å². The highest BCUT2D eigenvalue weighted by Crippen LogP contribution is 1.86. The fraction of sp³-hybridized carbons (Fsp3) is 0.125. The Labute approximate surface area is 80.4 Å². The number of benzene rings is 1. The van der Waals surface area contributed by atoms with E-state index < -0.39 is 0 Å². The van der Waals surface area contributed by atoms with Crippen LogP contribution in [-0.4, -0.2) is 0 Å². The van der Waals surface area contributed by atoms with Crippen molar-refractivity contribution in [3.8, 4) is 6.07 Å². The minimum absolute atomic E-state index is 0. The molecule has 0 saturated heterocycles. The molecule has 1 nitrogen and oxygen atoms in total. The number of hydrogen-bond acceptors (Lipinski definition) is 1. The van der Waals surface area contributed by atoms with Crippen LogP contribution in [0.4, 0.5) is 0 Å². The number of nitriles is 1. The summed E-state index contributed by atoms with van der Waals surface area (Å²) in [6.07, 6.45) is 0. The summed E-state index contributed by atoms with van der Waals surface area (Å²) in [5.74, 6) is 0. The zero-order valence-electron chi connectivity index (χ0n) is 6.32. The molecule has 0 aliphatic heterocycles. The molecule has 0 bridgehead atoms. The zero-order valence-corrected chi connectivity index (χ0v) is 9.19. The summed E-state index contributed by atoms with van der Waals surface area (Å²) in [7, 11) is 2.63. The molecule has 0 radical (unpaired) electrons. The Hall–Kier alpha value is -0.380. The van der Waals surface area contributed by atoms with E-state index in [0.717, 1.165) is 0 Å². The molecular formula is C8H11BrNP. The molecule has 1 unspecified atom stereocenters. The molecule has 0 aliphatic rings. The van der Waals surface area contributed by atoms with Crippen molar-refractivity contribution in [2.75, 3.05) is 0 Å². The van der Waals surface area contributed by atoms with Gasteiger partial charge in [-0.2, -0.15) is 5.26 Å². The Bertz CT molecular complexity index is 205. The minimum atomic E-state index is 0. The fourth-order valence-electron chi connectivity index (χ4n) is 0.453. The van der Waals surface area contributed by atoms with Gasteiger partial charge in [0.25, 0.3) is 0 Å². The van der Waals surface area contributed by atoms with E-state index in [1.807, 2.05) is 30.3 Å². The maximum absolute atomic E-state index is 7.32. The summed E-state index contributed by atoms with van der Waals surface area (Å²) in [5, 5.41) is 8.56. The first-order valence-corrected chi connectivity index (χ1v) is 3.50. The van der Waals surface area contributed by atoms with Gasteiger partial charge in [0.05, 0.1) is 6.07 Å². The second-order valence-corrected chi connectivity index (χ2v) is 2.30. The van der Waals surface area contributed by atoms with Crippen molar-refractivity contribution in [2.45, 2.75) is 6.92 Å². The number of hydrogen-bond donors (Lipinski definition) is 0. The van der Waals surface area contributed by atoms with E-state index in [-0.39, 0.29) is 17.0 Å². The lowest BCUT2D eigenvalue weighted by Crippen LogP contribution is -1.82. The molecule has 1 atom stereocenters. The average molecular weight is 232 g/mol. The summed E-state index contributed by atoms with van der Waals surface area (Å²) >= 11 is 0. The quantitative estimate of drug-likeness (QED) is 0.629. The maximum atomic E-state index is 7.32. The van der Waals surface area contributed by atoms with Gasteiger partial charge in [0.1, 0.15) is 0 Å². The molecule has 0 spiro atoms. The van der Waals surface area contributed by atoms with Crippen LogP contribution in [-0.2, 0) is 0 Å². The summed E-state index contributed by atoms with van der Waals surface area (Å²) in [6.45, 7) is 1.43. The first kappa shape index (κ1) is 13.2. The van der Waals surface area contributed by atoms with Crippen LogP contribution >= 0.6 is 26.2 Å². The molecule has 3 heteroatoms. The van der Waals surface area contributed by atoms with E-state index in [4.69, 9.17) is 5.26 Å². The zero-order chi connectivity index (χ0) is 7.82. The normalized spacial score (nSPS) is 6.27. The van der Waals surface area contributed by atoms with Crippen molar-refractivity contribution >= 4 is 31.5 Å². The monoisotopic (exact) mass is 231 g/mol. The molecule has 0 saturated carbocycles. The fourth-order valence-corrected chi connectivity index (χ4v) is 0.675. The molecule has 0 heterocycles. The van der Waals surface area contributed by atoms with Gasteiger partial charge >= 0.3 is 0 Å². The highest BCUT2D eigenvalue weighted by molar-refractivity contribution is 8.93. The summed E-state index contributed by atoms with van der Waals surface area (Å²) in [5.41, 5.74) is 0. The van der Waals surface area contributed by atoms with Crippen LogP contribution in [0.2, 0.25) is 0 Å². The summed E-state index contributed by atoms with van der Waals surface area (Å²) in [4.78, 5) is 0. The van der Waals surface area contributed by atoms with Crippen LogP contribution in [0.1, 0.15) is 6.92 Å². The van der Waals surface area contributed by atoms with Crippen LogP contribution in [0.5, 0.6) is 0 Å². The molecule has 0 aromatic heterocycles. The molecule has 1 aromatic carbocycles. The summed E-state index contributed by atoms with van der Waals surface area (Å²) < 4.78 is 0. The van der Waals surface area contributed by atoms with E-state index in [1.165, 1.54) is 12.2 Å². The van der Waals surface area contributed by atoms with E-state index in [1.54, 1.807) is 6.07 Å². The van der Waals surface area contributed by atoms with Gasteiger partial charge in [-0.15, -0.1) is 26.2 Å². The van der Waals surface area contributed by atoms with Gasteiger partial charge in [0, 0.05) is 6.92 Å². The molecule has 0 aliphatic carbocycles. The highest BCUT2D eigenvalue weighted by Gasteiger charge is 1.72. The van der Waals surface area contributed by atoms with Crippen molar-refractivity contribution in [3.05, 3.63) is 30.3 Å². The van der Waals surface area contributed by atoms with Crippen LogP contribution < -0.4 is 5.30 Å². The summed E-state index contributed by atoms with van der Waals surface area (Å²) in [6, 6.07) is 11.9. The second-order valence-electron chi connectivity index (χ2n) is 1.63. The number of halogens is 1. The standard InChI is InChI=1S/C6H7P.C2H3N.BrH/c7-6-4-2-1-3-5-6;1-2-3;/h1-5H,7H2;1H3;1H. The largest absolute Gasteiger partial charge is 0.199 e. The number of rotatable bonds is 0. The molecule has 0 fully saturated rings. The number of nitrogens with zero attached hydrogens (tertiary/aromatic N) is 1. The predicted octanol–water partition coefficient (Wildman–Crippen LogP) is 2.29. The van der Waals surface area contributed by atoms with Crippen molar-refractivity contribution < 1.29 is 0 Å². The van der Waals surface area contributed by atoms with Crippen molar-refractivity contribution in [2.24, 2.45) is 0 Å². The lowest BCUT2D eigenvalue weighted by Gasteiger charge is -1.82. The SMILES string of the molecule is Br.CC#N.Pc1ccccc1. The van der Waals surface area contributed by atoms with E-state index in [9.17, 15) is 0 Å². The van der Waals surface area contributed by atoms with E-state index in [2.05, 4.69) is 9.24 Å². The first-order valence-electron chi connectivity index (χ1n) is 2.92. The Morgan fingerprint density at radius 1 is 1.27 bits per heavy atom. The van der Waals surface area contributed by atoms with Crippen molar-refractivity contribution in [3.63, 3.8) is 0 Å². The topological polar surface area (TPSA) is 23.8 Å². The van der Waals surface area contributed by atoms with Crippen LogP contribution in [0.15, 0.2) is 30.3 Å². The molecule has 60 valence electrons. The van der Waals surface area contributed by atoms with E-state index in [0.29, 0.717) is 0 Å². The van der Waals surface area contributed by atoms with Crippen LogP contribution in [0.25, 0.3) is 0 Å². The van der Waals surface area contributed by atoms with Gasteiger partial charge in [0.15, 0.2) is 0 Å². The Morgan fingerprint density at radius 2 is 1.64 bits per heavy atom. The van der Waals surface area contributed by atoms with Crippen molar-refractivity contribution in [1.82, 2.24) is 0 Å². The van der Waals surface area contributed by atoms with Gasteiger partial charge in [-0.1, -0.05) is 30.3 Å². The third-order valence-electron chi connectivity index (χ3n) is 0.800. The van der Waals surface area contributed by atoms with E-state index >= 15 is 0 Å². The Morgan fingerprint density at radius 3 is 1.82 bits per heavy atom. The lowest BCUT2D eigenvalue weighted by atomic mass is 10.4. The van der Waals surface area contributed by atoms with Gasteiger partial charge in [-0.3, -0.25) is 0 Å². The third kappa shape index (κ3) is 9.62. The first-order chi connectivity index (χ1) is 4.81. The van der Waals surface area contributed by atoms with Gasteiger partial charge in [0.2, 0.25) is 0 Å².